The number of aliphatic carboxylic acids is 1. The second-order valence-electron chi connectivity index (χ2n) is 12.2. The Labute approximate surface area is 300 Å². The molecule has 5 aromatic carbocycles. The number of hydrogen-bond donors (Lipinski definition) is 6. The molecule has 0 spiro atoms. The van der Waals surface area contributed by atoms with E-state index in [1.54, 1.807) is 30.3 Å². The van der Waals surface area contributed by atoms with Gasteiger partial charge in [-0.1, -0.05) is 115 Å². The fraction of sp³-hybridized carbons (Fsp3) is 0.179. The zero-order valence-electron chi connectivity index (χ0n) is 27.9. The van der Waals surface area contributed by atoms with Crippen LogP contribution in [0.2, 0.25) is 0 Å². The van der Waals surface area contributed by atoms with E-state index in [2.05, 4.69) is 20.5 Å². The molecule has 5 rings (SSSR count). The molecule has 6 N–H and O–H groups in total. The van der Waals surface area contributed by atoms with Crippen molar-refractivity contribution in [3.8, 4) is 5.75 Å². The number of fused-ring (bicyclic) bond motifs is 1. The molecular weight excluding hydrogens is 685 g/mol. The molecule has 12 nitrogen and oxygen atoms in total. The summed E-state index contributed by atoms with van der Waals surface area (Å²) in [6.07, 6.45) is 0.00626. The maximum Gasteiger partial charge on any atom is 0.524 e. The number of phosphoric acid groups is 1. The number of hydrogen-bond acceptors (Lipinski definition) is 6. The monoisotopic (exact) mass is 723 g/mol. The Bertz CT molecular complexity index is 2050. The molecule has 3 amide bonds. The van der Waals surface area contributed by atoms with Gasteiger partial charge in [-0.05, 0) is 45.2 Å². The summed E-state index contributed by atoms with van der Waals surface area (Å²) in [5.74, 6) is -3.23. The molecule has 3 unspecified atom stereocenters. The second-order valence-corrected chi connectivity index (χ2v) is 13.4. The van der Waals surface area contributed by atoms with Gasteiger partial charge in [0.05, 0.1) is 6.42 Å². The minimum Gasteiger partial charge on any atom is -0.480 e. The summed E-state index contributed by atoms with van der Waals surface area (Å²) < 4.78 is 15.7. The van der Waals surface area contributed by atoms with Crippen LogP contribution in [0, 0.1) is 0 Å². The third-order valence-electron chi connectivity index (χ3n) is 8.23. The number of rotatable bonds is 16. The van der Waals surface area contributed by atoms with Crippen molar-refractivity contribution in [1.29, 1.82) is 0 Å². The highest BCUT2D eigenvalue weighted by Crippen LogP contribution is 2.37. The highest BCUT2D eigenvalue weighted by molar-refractivity contribution is 7.46. The lowest BCUT2D eigenvalue weighted by Gasteiger charge is -2.25. The number of carboxylic acids is 1. The Kier molecular flexibility index (Phi) is 12.5. The van der Waals surface area contributed by atoms with Crippen LogP contribution in [0.15, 0.2) is 127 Å². The van der Waals surface area contributed by atoms with Crippen molar-refractivity contribution in [2.45, 2.75) is 43.8 Å². The fourth-order valence-electron chi connectivity index (χ4n) is 5.70. The summed E-state index contributed by atoms with van der Waals surface area (Å²) in [6.45, 7) is 0. The molecule has 0 aliphatic carbocycles. The molecule has 0 aliphatic heterocycles. The van der Waals surface area contributed by atoms with Crippen molar-refractivity contribution in [1.82, 2.24) is 16.0 Å². The molecule has 0 aliphatic rings. The normalized spacial score (nSPS) is 13.0. The van der Waals surface area contributed by atoms with Gasteiger partial charge in [0.1, 0.15) is 23.9 Å². The van der Waals surface area contributed by atoms with Gasteiger partial charge < -0.3 is 25.6 Å². The van der Waals surface area contributed by atoms with Gasteiger partial charge in [-0.3, -0.25) is 24.2 Å². The number of carboxylic acid groups (broad SMARTS) is 1. The summed E-state index contributed by atoms with van der Waals surface area (Å²) in [4.78, 5) is 71.4. The first-order valence-corrected chi connectivity index (χ1v) is 18.0. The number of nitrogens with one attached hydrogen (secondary N) is 3. The van der Waals surface area contributed by atoms with Gasteiger partial charge in [0.2, 0.25) is 17.7 Å². The first-order chi connectivity index (χ1) is 24.9. The Morgan fingerprint density at radius 1 is 0.558 bits per heavy atom. The van der Waals surface area contributed by atoms with E-state index in [-0.39, 0.29) is 31.4 Å². The van der Waals surface area contributed by atoms with Crippen LogP contribution in [-0.2, 0) is 49.4 Å². The van der Waals surface area contributed by atoms with Gasteiger partial charge >= 0.3 is 13.8 Å². The summed E-state index contributed by atoms with van der Waals surface area (Å²) in [5.41, 5.74) is 2.68. The van der Waals surface area contributed by atoms with Crippen LogP contribution >= 0.6 is 7.82 Å². The molecule has 0 saturated carbocycles. The molecule has 0 bridgehead atoms. The van der Waals surface area contributed by atoms with E-state index in [1.807, 2.05) is 72.8 Å². The zero-order chi connectivity index (χ0) is 37.1. The van der Waals surface area contributed by atoms with Crippen LogP contribution in [0.25, 0.3) is 10.8 Å². The fourth-order valence-corrected chi connectivity index (χ4v) is 6.10. The Balaban J connectivity index is 1.33. The van der Waals surface area contributed by atoms with Crippen molar-refractivity contribution < 1.29 is 43.2 Å². The summed E-state index contributed by atoms with van der Waals surface area (Å²) in [7, 11) is -4.79. The lowest BCUT2D eigenvalue weighted by molar-refractivity contribution is -0.142. The smallest absolute Gasteiger partial charge is 0.480 e. The second kappa shape index (κ2) is 17.4. The van der Waals surface area contributed by atoms with Crippen molar-refractivity contribution >= 4 is 42.3 Å². The van der Waals surface area contributed by atoms with E-state index in [9.17, 15) is 28.8 Å². The molecule has 0 fully saturated rings. The maximum absolute atomic E-state index is 14.0. The Morgan fingerprint density at radius 3 is 1.58 bits per heavy atom. The predicted molar refractivity (Wildman–Crippen MR) is 194 cm³/mol. The molecule has 13 heteroatoms. The molecule has 52 heavy (non-hydrogen) atoms. The van der Waals surface area contributed by atoms with E-state index in [0.717, 1.165) is 21.9 Å². The van der Waals surface area contributed by atoms with E-state index in [1.165, 1.54) is 24.3 Å². The Morgan fingerprint density at radius 2 is 1.02 bits per heavy atom. The first-order valence-electron chi connectivity index (χ1n) is 16.4. The number of benzene rings is 5. The van der Waals surface area contributed by atoms with Crippen LogP contribution < -0.4 is 20.5 Å². The standard InChI is InChI=1S/C39H38N3O9P/c43-36(25-29-15-18-30-13-7-8-14-31(30)21-29)40-33(22-26-9-3-1-4-10-26)37(44)41-34(23-27-11-5-2-6-12-27)38(45)42-35(39(46)47)24-28-16-19-32(20-17-28)51-52(48,49)50/h1-21,33-35H,22-25H2,(H,40,43)(H,41,44)(H,42,45)(H,46,47)(H2,48,49,50). The lowest BCUT2D eigenvalue weighted by Crippen LogP contribution is -2.57. The molecule has 0 saturated heterocycles. The highest BCUT2D eigenvalue weighted by atomic mass is 31.2. The lowest BCUT2D eigenvalue weighted by atomic mass is 10.0. The third kappa shape index (κ3) is 11.4. The van der Waals surface area contributed by atoms with Crippen LogP contribution in [0.4, 0.5) is 0 Å². The van der Waals surface area contributed by atoms with Crippen LogP contribution in [-0.4, -0.2) is 56.7 Å². The van der Waals surface area contributed by atoms with Gasteiger partial charge in [0.25, 0.3) is 0 Å². The van der Waals surface area contributed by atoms with Gasteiger partial charge in [0, 0.05) is 19.3 Å². The van der Waals surface area contributed by atoms with E-state index >= 15 is 0 Å². The molecule has 5 aromatic rings. The predicted octanol–water partition coefficient (Wildman–Crippen LogP) is 4.12. The van der Waals surface area contributed by atoms with Crippen LogP contribution in [0.3, 0.4) is 0 Å². The van der Waals surface area contributed by atoms with E-state index in [4.69, 9.17) is 9.79 Å². The molecule has 3 atom stereocenters. The van der Waals surface area contributed by atoms with Crippen molar-refractivity contribution in [3.63, 3.8) is 0 Å². The molecule has 0 aromatic heterocycles. The average Bonchev–Trinajstić information content (AvgIpc) is 3.11. The average molecular weight is 724 g/mol. The first kappa shape index (κ1) is 37.4. The zero-order valence-corrected chi connectivity index (χ0v) is 28.8. The topological polar surface area (TPSA) is 191 Å². The molecule has 0 radical (unpaired) electrons. The molecule has 268 valence electrons. The van der Waals surface area contributed by atoms with Gasteiger partial charge in [0.15, 0.2) is 0 Å². The number of phosphoric ester groups is 1. The number of carbonyl (C=O) groups is 4. The SMILES string of the molecule is O=C(Cc1ccc2ccccc2c1)NC(Cc1ccccc1)C(=O)NC(Cc1ccccc1)C(=O)NC(Cc1ccc(OP(=O)(O)O)cc1)C(=O)O. The van der Waals surface area contributed by atoms with Crippen LogP contribution in [0.5, 0.6) is 5.75 Å². The quantitative estimate of drug-likeness (QED) is 0.0814. The number of amides is 3. The summed E-state index contributed by atoms with van der Waals surface area (Å²) in [6, 6.07) is 33.2. The van der Waals surface area contributed by atoms with Gasteiger partial charge in [-0.2, -0.15) is 0 Å². The molecule has 0 heterocycles. The number of carbonyl (C=O) groups excluding carboxylic acids is 3. The highest BCUT2D eigenvalue weighted by Gasteiger charge is 2.30. The van der Waals surface area contributed by atoms with Crippen molar-refractivity contribution in [2.24, 2.45) is 0 Å². The largest absolute Gasteiger partial charge is 0.524 e. The van der Waals surface area contributed by atoms with E-state index in [0.29, 0.717) is 11.1 Å². The summed E-state index contributed by atoms with van der Waals surface area (Å²) in [5, 5.41) is 20.1. The maximum atomic E-state index is 14.0. The molecular formula is C39H38N3O9P. The van der Waals surface area contributed by atoms with E-state index < -0.39 is 49.6 Å². The van der Waals surface area contributed by atoms with Gasteiger partial charge in [-0.15, -0.1) is 0 Å². The third-order valence-corrected chi connectivity index (χ3v) is 8.68. The minimum absolute atomic E-state index is 0.0179. The van der Waals surface area contributed by atoms with Crippen LogP contribution in [0.1, 0.15) is 22.3 Å². The summed E-state index contributed by atoms with van der Waals surface area (Å²) >= 11 is 0. The minimum atomic E-state index is -4.79. The van der Waals surface area contributed by atoms with Crippen molar-refractivity contribution in [2.75, 3.05) is 0 Å². The van der Waals surface area contributed by atoms with Gasteiger partial charge in [-0.25, -0.2) is 9.36 Å². The van der Waals surface area contributed by atoms with Crippen molar-refractivity contribution in [3.05, 3.63) is 150 Å². The Hall–Kier alpha value is -5.81.